The molecule has 2 aromatic heterocycles. The lowest BCUT2D eigenvalue weighted by molar-refractivity contribution is -0.136. The first-order valence-corrected chi connectivity index (χ1v) is 10.5. The van der Waals surface area contributed by atoms with Crippen LogP contribution in [0.15, 0.2) is 49.2 Å². The van der Waals surface area contributed by atoms with Crippen molar-refractivity contribution in [2.24, 2.45) is 0 Å². The van der Waals surface area contributed by atoms with Gasteiger partial charge in [-0.1, -0.05) is 30.3 Å². The van der Waals surface area contributed by atoms with Gasteiger partial charge < -0.3 is 30.1 Å². The van der Waals surface area contributed by atoms with Gasteiger partial charge in [-0.15, -0.1) is 0 Å². The number of hydrogen-bond acceptors (Lipinski definition) is 10. The van der Waals surface area contributed by atoms with Crippen molar-refractivity contribution in [1.82, 2.24) is 24.8 Å². The van der Waals surface area contributed by atoms with Gasteiger partial charge in [0.05, 0.1) is 19.5 Å². The quantitative estimate of drug-likeness (QED) is 0.272. The van der Waals surface area contributed by atoms with Gasteiger partial charge in [-0.3, -0.25) is 4.57 Å². The van der Waals surface area contributed by atoms with Crippen LogP contribution in [0.4, 0.5) is 0 Å². The van der Waals surface area contributed by atoms with Crippen LogP contribution in [0.2, 0.25) is 0 Å². The van der Waals surface area contributed by atoms with Crippen molar-refractivity contribution in [2.45, 2.75) is 38.0 Å². The molecule has 3 aromatic rings. The molecule has 0 unspecified atom stereocenters. The van der Waals surface area contributed by atoms with Gasteiger partial charge in [-0.2, -0.15) is 0 Å². The molecule has 1 aliphatic heterocycles. The first-order valence-electron chi connectivity index (χ1n) is 10.5. The van der Waals surface area contributed by atoms with E-state index in [0.29, 0.717) is 6.54 Å². The molecular formula is C22H25N5O6. The average molecular weight is 455 g/mol. The molecule has 1 fully saturated rings. The van der Waals surface area contributed by atoms with Gasteiger partial charge in [-0.25, -0.2) is 19.7 Å². The number of ether oxygens (including phenoxy) is 2. The minimum atomic E-state index is -1.30. The van der Waals surface area contributed by atoms with E-state index >= 15 is 0 Å². The summed E-state index contributed by atoms with van der Waals surface area (Å²) in [5.74, 6) is -0.583. The number of aliphatic hydroxyl groups is 3. The van der Waals surface area contributed by atoms with Gasteiger partial charge in [0.15, 0.2) is 11.9 Å². The molecule has 33 heavy (non-hydrogen) atoms. The van der Waals surface area contributed by atoms with Crippen molar-refractivity contribution in [3.63, 3.8) is 0 Å². The first kappa shape index (κ1) is 22.8. The maximum Gasteiger partial charge on any atom is 0.341 e. The molecular weight excluding hydrogens is 430 g/mol. The van der Waals surface area contributed by atoms with Crippen molar-refractivity contribution >= 4 is 22.7 Å². The molecule has 0 saturated carbocycles. The Morgan fingerprint density at radius 2 is 2.00 bits per heavy atom. The van der Waals surface area contributed by atoms with E-state index in [1.165, 1.54) is 23.4 Å². The summed E-state index contributed by atoms with van der Waals surface area (Å²) in [4.78, 5) is 25.5. The number of imidazole rings is 1. The lowest BCUT2D eigenvalue weighted by Gasteiger charge is -2.16. The molecule has 1 saturated heterocycles. The second kappa shape index (κ2) is 10.0. The van der Waals surface area contributed by atoms with Crippen LogP contribution in [0.25, 0.3) is 16.7 Å². The van der Waals surface area contributed by atoms with E-state index in [4.69, 9.17) is 9.47 Å². The number of esters is 1. The van der Waals surface area contributed by atoms with E-state index in [2.05, 4.69) is 20.3 Å². The van der Waals surface area contributed by atoms with Gasteiger partial charge in [-0.05, 0) is 12.5 Å². The Morgan fingerprint density at radius 3 is 2.70 bits per heavy atom. The van der Waals surface area contributed by atoms with Crippen LogP contribution in [-0.2, 0) is 20.8 Å². The lowest BCUT2D eigenvalue weighted by atomic mass is 10.1. The lowest BCUT2D eigenvalue weighted by Crippen LogP contribution is -2.33. The number of carbonyl (C=O) groups is 1. The van der Waals surface area contributed by atoms with Crippen molar-refractivity contribution in [3.8, 4) is 0 Å². The Labute approximate surface area is 189 Å². The monoisotopic (exact) mass is 455 g/mol. The maximum atomic E-state index is 12.7. The zero-order valence-corrected chi connectivity index (χ0v) is 17.9. The number of aromatic nitrogens is 4. The second-order valence-corrected chi connectivity index (χ2v) is 7.42. The number of rotatable bonds is 8. The molecule has 1 aromatic carbocycles. The maximum absolute atomic E-state index is 12.7. The molecule has 3 heterocycles. The molecule has 0 radical (unpaired) electrons. The summed E-state index contributed by atoms with van der Waals surface area (Å²) in [5, 5.41) is 32.9. The van der Waals surface area contributed by atoms with Gasteiger partial charge in [0.25, 0.3) is 0 Å². The molecule has 11 nitrogen and oxygen atoms in total. The Bertz CT molecular complexity index is 1130. The van der Waals surface area contributed by atoms with E-state index in [9.17, 15) is 20.1 Å². The fraction of sp³-hybridized carbons (Fsp3) is 0.364. The Balaban J connectivity index is 1.68. The van der Waals surface area contributed by atoms with Crippen LogP contribution in [0, 0.1) is 0 Å². The summed E-state index contributed by atoms with van der Waals surface area (Å²) in [7, 11) is 0. The number of fused-ring (bicyclic) bond motifs is 1. The zero-order chi connectivity index (χ0) is 23.4. The van der Waals surface area contributed by atoms with Crippen LogP contribution >= 0.6 is 0 Å². The summed E-state index contributed by atoms with van der Waals surface area (Å²) < 4.78 is 12.2. The smallest absolute Gasteiger partial charge is 0.341 e. The van der Waals surface area contributed by atoms with Crippen LogP contribution in [-0.4, -0.2) is 72.3 Å². The third-order valence-corrected chi connectivity index (χ3v) is 5.30. The van der Waals surface area contributed by atoms with Crippen LogP contribution in [0.5, 0.6) is 0 Å². The second-order valence-electron chi connectivity index (χ2n) is 7.42. The van der Waals surface area contributed by atoms with Crippen LogP contribution in [0.3, 0.4) is 0 Å². The van der Waals surface area contributed by atoms with Crippen LogP contribution < -0.4 is 5.32 Å². The standard InChI is InChI=1S/C22H25N5O6/c1-2-32-22(31)14(9-23-8-13-6-4-3-5-7-13)16-17-20(25-11-24-16)27(12-26-17)21-19(30)18(29)15(10-28)33-21/h3-7,9,11-12,15,18-19,21,23,28-30H,2,8,10H2,1H3/b14-9-/t15-,18-,19-,21-/m1/s1. The van der Waals surface area contributed by atoms with Crippen molar-refractivity contribution in [1.29, 1.82) is 0 Å². The fourth-order valence-corrected chi connectivity index (χ4v) is 3.64. The molecule has 0 aliphatic carbocycles. The summed E-state index contributed by atoms with van der Waals surface area (Å²) >= 11 is 0. The Hall–Kier alpha value is -3.38. The number of hydrogen-bond donors (Lipinski definition) is 4. The number of aliphatic hydroxyl groups excluding tert-OH is 3. The molecule has 11 heteroatoms. The number of carbonyl (C=O) groups excluding carboxylic acids is 1. The highest BCUT2D eigenvalue weighted by Gasteiger charge is 2.44. The van der Waals surface area contributed by atoms with Gasteiger partial charge in [0.2, 0.25) is 0 Å². The molecule has 1 aliphatic rings. The van der Waals surface area contributed by atoms with E-state index in [-0.39, 0.29) is 29.0 Å². The molecule has 4 rings (SSSR count). The number of nitrogens with zero attached hydrogens (tertiary/aromatic N) is 4. The SMILES string of the molecule is CCOC(=O)/C(=C\NCc1ccccc1)c1ncnc2c1ncn2[C@@H]1O[C@H](CO)[C@@H](O)[C@H]1O. The topological polar surface area (TPSA) is 152 Å². The Morgan fingerprint density at radius 1 is 1.21 bits per heavy atom. The van der Waals surface area contributed by atoms with Crippen molar-refractivity contribution in [2.75, 3.05) is 13.2 Å². The average Bonchev–Trinajstić information content (AvgIpc) is 3.38. The van der Waals surface area contributed by atoms with Crippen LogP contribution in [0.1, 0.15) is 24.4 Å². The summed E-state index contributed by atoms with van der Waals surface area (Å²) in [6.07, 6.45) is -0.359. The van der Waals surface area contributed by atoms with E-state index < -0.39 is 37.1 Å². The highest BCUT2D eigenvalue weighted by atomic mass is 16.6. The molecule has 4 N–H and O–H groups in total. The van der Waals surface area contributed by atoms with Gasteiger partial charge in [0, 0.05) is 12.7 Å². The molecule has 0 amide bonds. The predicted molar refractivity (Wildman–Crippen MR) is 116 cm³/mol. The minimum absolute atomic E-state index is 0.159. The van der Waals surface area contributed by atoms with E-state index in [1.54, 1.807) is 6.92 Å². The van der Waals surface area contributed by atoms with Crippen molar-refractivity contribution < 1.29 is 29.6 Å². The highest BCUT2D eigenvalue weighted by molar-refractivity contribution is 6.18. The molecule has 174 valence electrons. The predicted octanol–water partition coefficient (Wildman–Crippen LogP) is 0.132. The van der Waals surface area contributed by atoms with Gasteiger partial charge >= 0.3 is 5.97 Å². The third-order valence-electron chi connectivity index (χ3n) is 5.30. The number of nitrogens with one attached hydrogen (secondary N) is 1. The summed E-state index contributed by atoms with van der Waals surface area (Å²) in [6.45, 7) is 1.92. The highest BCUT2D eigenvalue weighted by Crippen LogP contribution is 2.32. The van der Waals surface area contributed by atoms with E-state index in [0.717, 1.165) is 5.56 Å². The Kier molecular flexibility index (Phi) is 6.94. The normalized spacial score (nSPS) is 23.1. The molecule has 4 atom stereocenters. The third kappa shape index (κ3) is 4.57. The summed E-state index contributed by atoms with van der Waals surface area (Å²) in [6, 6.07) is 9.67. The fourth-order valence-electron chi connectivity index (χ4n) is 3.64. The zero-order valence-electron chi connectivity index (χ0n) is 17.9. The minimum Gasteiger partial charge on any atom is -0.462 e. The van der Waals surface area contributed by atoms with E-state index in [1.807, 2.05) is 30.3 Å². The molecule has 0 bridgehead atoms. The van der Waals surface area contributed by atoms with Gasteiger partial charge in [0.1, 0.15) is 41.4 Å². The summed E-state index contributed by atoms with van der Waals surface area (Å²) in [5.41, 5.74) is 2.00. The molecule has 0 spiro atoms. The van der Waals surface area contributed by atoms with Crippen molar-refractivity contribution in [3.05, 3.63) is 60.4 Å². The number of benzene rings is 1. The largest absolute Gasteiger partial charge is 0.462 e. The first-order chi connectivity index (χ1) is 16.0.